The summed E-state index contributed by atoms with van der Waals surface area (Å²) in [4.78, 5) is 45.6. The Morgan fingerprint density at radius 3 is 2.03 bits per heavy atom. The number of halogens is 1. The second kappa shape index (κ2) is 8.37. The van der Waals surface area contributed by atoms with E-state index < -0.39 is 23.4 Å². The zero-order valence-corrected chi connectivity index (χ0v) is 21.0. The largest absolute Gasteiger partial charge is 0.352 e. The number of carbonyl (C=O) groups is 3. The molecule has 0 bridgehead atoms. The Hall–Kier alpha value is -4.28. The highest BCUT2D eigenvalue weighted by atomic mass is 35.5. The van der Waals surface area contributed by atoms with Crippen molar-refractivity contribution in [3.05, 3.63) is 142 Å². The lowest BCUT2D eigenvalue weighted by molar-refractivity contribution is 0.0666. The van der Waals surface area contributed by atoms with Crippen molar-refractivity contribution >= 4 is 40.7 Å². The summed E-state index contributed by atoms with van der Waals surface area (Å²) < 4.78 is 0. The molecule has 0 aromatic heterocycles. The van der Waals surface area contributed by atoms with Crippen molar-refractivity contribution in [2.45, 2.75) is 18.0 Å². The van der Waals surface area contributed by atoms with Crippen molar-refractivity contribution in [1.82, 2.24) is 0 Å². The molecular weight excluding hydrogens is 494 g/mol. The third-order valence-corrected chi connectivity index (χ3v) is 8.52. The van der Waals surface area contributed by atoms with E-state index in [1.165, 1.54) is 0 Å². The summed E-state index contributed by atoms with van der Waals surface area (Å²) in [6.45, 7) is 0. The van der Waals surface area contributed by atoms with Gasteiger partial charge in [-0.05, 0) is 41.5 Å². The van der Waals surface area contributed by atoms with Crippen LogP contribution in [-0.2, 0) is 0 Å². The van der Waals surface area contributed by atoms with Crippen LogP contribution in [0.25, 0.3) is 6.08 Å². The first-order valence-corrected chi connectivity index (χ1v) is 13.0. The van der Waals surface area contributed by atoms with E-state index in [4.69, 9.17) is 11.6 Å². The monoisotopic (exact) mass is 515 g/mol. The van der Waals surface area contributed by atoms with Crippen LogP contribution in [0.3, 0.4) is 0 Å². The van der Waals surface area contributed by atoms with Crippen LogP contribution in [0.4, 0.5) is 5.69 Å². The SMILES string of the molecule is O=C(c1ccc(Cl)cc1)[C@H]1[C@H](c2ccccc2)C2(C(=O)c3ccccc3C2=O)[C@@H]2C=Cc3ccccc3N21. The first-order chi connectivity index (χ1) is 18.5. The van der Waals surface area contributed by atoms with E-state index in [1.807, 2.05) is 71.6 Å². The zero-order valence-electron chi connectivity index (χ0n) is 20.3. The summed E-state index contributed by atoms with van der Waals surface area (Å²) >= 11 is 6.15. The van der Waals surface area contributed by atoms with Gasteiger partial charge in [0.25, 0.3) is 0 Å². The topological polar surface area (TPSA) is 54.5 Å². The van der Waals surface area contributed by atoms with E-state index >= 15 is 0 Å². The van der Waals surface area contributed by atoms with Gasteiger partial charge in [-0.3, -0.25) is 14.4 Å². The summed E-state index contributed by atoms with van der Waals surface area (Å²) in [6, 6.07) is 29.8. The van der Waals surface area contributed by atoms with Crippen molar-refractivity contribution in [2.24, 2.45) is 5.41 Å². The van der Waals surface area contributed by atoms with Crippen LogP contribution in [0.5, 0.6) is 0 Å². The molecule has 38 heavy (non-hydrogen) atoms. The lowest BCUT2D eigenvalue weighted by Crippen LogP contribution is -2.48. The highest BCUT2D eigenvalue weighted by Gasteiger charge is 2.71. The van der Waals surface area contributed by atoms with E-state index in [0.717, 1.165) is 16.8 Å². The molecule has 4 nitrogen and oxygen atoms in total. The standard InChI is InChI=1S/C33H22ClNO3/c34-23-17-14-22(15-18-23)30(36)29-28(21-9-2-1-3-10-21)33(31(37)24-11-5-6-12-25(24)32(33)38)27-19-16-20-8-4-7-13-26(20)35(27)29/h1-19,27-29H/t27-,28-,29+/m0/s1. The highest BCUT2D eigenvalue weighted by Crippen LogP contribution is 2.60. The van der Waals surface area contributed by atoms with Crippen molar-refractivity contribution in [1.29, 1.82) is 0 Å². The summed E-state index contributed by atoms with van der Waals surface area (Å²) in [7, 11) is 0. The van der Waals surface area contributed by atoms with Gasteiger partial charge in [0.15, 0.2) is 17.3 Å². The van der Waals surface area contributed by atoms with Crippen molar-refractivity contribution in [2.75, 3.05) is 4.90 Å². The van der Waals surface area contributed by atoms with Gasteiger partial charge in [-0.1, -0.05) is 96.5 Å². The number of hydrogen-bond acceptors (Lipinski definition) is 4. The normalized spacial score (nSPS) is 22.3. The molecule has 4 aromatic carbocycles. The fraction of sp³-hybridized carbons (Fsp3) is 0.121. The van der Waals surface area contributed by atoms with Gasteiger partial charge in [0, 0.05) is 33.3 Å². The molecule has 4 aromatic rings. The van der Waals surface area contributed by atoms with Crippen molar-refractivity contribution in [3.63, 3.8) is 0 Å². The maximum absolute atomic E-state index is 14.5. The fourth-order valence-electron chi connectivity index (χ4n) is 6.74. The molecule has 1 fully saturated rings. The predicted molar refractivity (Wildman–Crippen MR) is 148 cm³/mol. The Kier molecular flexibility index (Phi) is 5.04. The van der Waals surface area contributed by atoms with E-state index in [2.05, 4.69) is 0 Å². The molecular formula is C33H22ClNO3. The maximum Gasteiger partial charge on any atom is 0.185 e. The molecule has 1 spiro atoms. The molecule has 0 N–H and O–H groups in total. The van der Waals surface area contributed by atoms with Crippen LogP contribution in [0.15, 0.2) is 109 Å². The second-order valence-electron chi connectivity index (χ2n) is 10.0. The minimum atomic E-state index is -1.48. The molecule has 5 heteroatoms. The third kappa shape index (κ3) is 2.95. The van der Waals surface area contributed by atoms with Gasteiger partial charge in [0.2, 0.25) is 0 Å². The molecule has 0 amide bonds. The molecule has 0 radical (unpaired) electrons. The highest BCUT2D eigenvalue weighted by molar-refractivity contribution is 6.32. The molecule has 184 valence electrons. The second-order valence-corrected chi connectivity index (χ2v) is 10.5. The number of ketones is 3. The van der Waals surface area contributed by atoms with Crippen LogP contribution in [0.1, 0.15) is 48.1 Å². The molecule has 3 atom stereocenters. The predicted octanol–water partition coefficient (Wildman–Crippen LogP) is 6.66. The summed E-state index contributed by atoms with van der Waals surface area (Å²) in [6.07, 6.45) is 3.91. The molecule has 1 saturated heterocycles. The number of benzene rings is 4. The average molecular weight is 516 g/mol. The van der Waals surface area contributed by atoms with E-state index in [1.54, 1.807) is 48.5 Å². The number of Topliss-reactive ketones (excluding diaryl/α,β-unsaturated/α-hetero) is 3. The van der Waals surface area contributed by atoms with Crippen molar-refractivity contribution < 1.29 is 14.4 Å². The first kappa shape index (κ1) is 22.9. The summed E-state index contributed by atoms with van der Waals surface area (Å²) in [5, 5.41) is 0.532. The number of anilines is 1. The molecule has 2 heterocycles. The van der Waals surface area contributed by atoms with Gasteiger partial charge >= 0.3 is 0 Å². The van der Waals surface area contributed by atoms with Gasteiger partial charge in [-0.25, -0.2) is 0 Å². The third-order valence-electron chi connectivity index (χ3n) is 8.27. The Morgan fingerprint density at radius 1 is 0.737 bits per heavy atom. The first-order valence-electron chi connectivity index (χ1n) is 12.6. The van der Waals surface area contributed by atoms with E-state index in [-0.39, 0.29) is 17.3 Å². The number of para-hydroxylation sites is 1. The Morgan fingerprint density at radius 2 is 1.34 bits per heavy atom. The summed E-state index contributed by atoms with van der Waals surface area (Å²) in [5.41, 5.74) is 2.41. The molecule has 2 aliphatic heterocycles. The molecule has 3 aliphatic rings. The van der Waals surface area contributed by atoms with Crippen molar-refractivity contribution in [3.8, 4) is 0 Å². The van der Waals surface area contributed by atoms with Gasteiger partial charge in [0.1, 0.15) is 11.5 Å². The van der Waals surface area contributed by atoms with Crippen LogP contribution in [-0.4, -0.2) is 29.4 Å². The molecule has 7 rings (SSSR count). The smallest absolute Gasteiger partial charge is 0.185 e. The number of nitrogens with zero attached hydrogens (tertiary/aromatic N) is 1. The Balaban J connectivity index is 1.54. The van der Waals surface area contributed by atoms with Crippen LogP contribution < -0.4 is 4.90 Å². The lowest BCUT2D eigenvalue weighted by Gasteiger charge is -2.37. The summed E-state index contributed by atoms with van der Waals surface area (Å²) in [5.74, 6) is -1.31. The van der Waals surface area contributed by atoms with E-state index in [0.29, 0.717) is 21.7 Å². The number of carbonyl (C=O) groups excluding carboxylic acids is 3. The maximum atomic E-state index is 14.5. The van der Waals surface area contributed by atoms with Crippen LogP contribution >= 0.6 is 11.6 Å². The Bertz CT molecular complexity index is 1620. The zero-order chi connectivity index (χ0) is 26.0. The minimum absolute atomic E-state index is 0.154. The van der Waals surface area contributed by atoms with Gasteiger partial charge in [-0.2, -0.15) is 0 Å². The fourth-order valence-corrected chi connectivity index (χ4v) is 6.86. The minimum Gasteiger partial charge on any atom is -0.352 e. The van der Waals surface area contributed by atoms with Gasteiger partial charge in [-0.15, -0.1) is 0 Å². The van der Waals surface area contributed by atoms with Crippen LogP contribution in [0.2, 0.25) is 5.02 Å². The Labute approximate surface area is 225 Å². The number of rotatable bonds is 3. The number of hydrogen-bond donors (Lipinski definition) is 0. The van der Waals surface area contributed by atoms with E-state index in [9.17, 15) is 14.4 Å². The van der Waals surface area contributed by atoms with Gasteiger partial charge < -0.3 is 4.90 Å². The number of fused-ring (bicyclic) bond motifs is 5. The van der Waals surface area contributed by atoms with Gasteiger partial charge in [0.05, 0.1) is 6.04 Å². The average Bonchev–Trinajstić information content (AvgIpc) is 3.40. The van der Waals surface area contributed by atoms with Crippen LogP contribution in [0, 0.1) is 5.41 Å². The quantitative estimate of drug-likeness (QED) is 0.226. The lowest BCUT2D eigenvalue weighted by atomic mass is 9.64. The molecule has 1 aliphatic carbocycles. The molecule has 0 saturated carbocycles. The molecule has 0 unspecified atom stereocenters.